The molecule has 1 spiro atoms. The van der Waals surface area contributed by atoms with Crippen molar-refractivity contribution in [1.82, 2.24) is 0 Å². The van der Waals surface area contributed by atoms with Gasteiger partial charge in [0.2, 0.25) is 0 Å². The molecule has 2 aliphatic rings. The first kappa shape index (κ1) is 13.5. The quantitative estimate of drug-likeness (QED) is 0.797. The second kappa shape index (κ2) is 5.50. The van der Waals surface area contributed by atoms with E-state index in [0.29, 0.717) is 31.9 Å². The monoisotopic (exact) mass is 280 g/mol. The second-order valence-corrected chi connectivity index (χ2v) is 5.40. The fourth-order valence-electron chi connectivity index (χ4n) is 2.86. The molecule has 2 heterocycles. The van der Waals surface area contributed by atoms with Crippen molar-refractivity contribution < 1.29 is 23.4 Å². The van der Waals surface area contributed by atoms with Gasteiger partial charge in [-0.3, -0.25) is 4.79 Å². The van der Waals surface area contributed by atoms with Crippen LogP contribution in [0.1, 0.15) is 29.6 Å². The molecule has 0 saturated carbocycles. The maximum atomic E-state index is 13.4. The Morgan fingerprint density at radius 1 is 1.35 bits per heavy atom. The molecule has 5 heteroatoms. The van der Waals surface area contributed by atoms with Crippen LogP contribution in [-0.2, 0) is 9.47 Å². The van der Waals surface area contributed by atoms with Crippen molar-refractivity contribution in [3.05, 3.63) is 29.6 Å². The summed E-state index contributed by atoms with van der Waals surface area (Å²) in [6, 6.07) is 4.06. The van der Waals surface area contributed by atoms with Gasteiger partial charge in [0.25, 0.3) is 0 Å². The summed E-state index contributed by atoms with van der Waals surface area (Å²) in [4.78, 5) is 10.7. The molecule has 0 bridgehead atoms. The number of halogens is 1. The van der Waals surface area contributed by atoms with Gasteiger partial charge in [-0.05, 0) is 12.1 Å². The van der Waals surface area contributed by atoms with Crippen molar-refractivity contribution in [1.29, 1.82) is 0 Å². The Morgan fingerprint density at radius 2 is 2.25 bits per heavy atom. The maximum absolute atomic E-state index is 13.4. The van der Waals surface area contributed by atoms with Gasteiger partial charge in [-0.15, -0.1) is 0 Å². The first-order valence-electron chi connectivity index (χ1n) is 6.83. The summed E-state index contributed by atoms with van der Waals surface area (Å²) >= 11 is 0. The van der Waals surface area contributed by atoms with Gasteiger partial charge in [-0.25, -0.2) is 4.39 Å². The first-order chi connectivity index (χ1) is 9.69. The van der Waals surface area contributed by atoms with Crippen LogP contribution in [0, 0.1) is 5.82 Å². The molecular weight excluding hydrogens is 263 g/mol. The SMILES string of the molecule is O=Cc1cc(F)cc(OC2CCOC3(CCOC3)C2)c1. The molecule has 0 amide bonds. The Labute approximate surface area is 116 Å². The van der Waals surface area contributed by atoms with Gasteiger partial charge in [0, 0.05) is 37.5 Å². The zero-order valence-electron chi connectivity index (χ0n) is 11.1. The fourth-order valence-corrected chi connectivity index (χ4v) is 2.86. The summed E-state index contributed by atoms with van der Waals surface area (Å²) in [7, 11) is 0. The molecule has 20 heavy (non-hydrogen) atoms. The van der Waals surface area contributed by atoms with Crippen LogP contribution in [0.3, 0.4) is 0 Å². The molecule has 2 unspecified atom stereocenters. The van der Waals surface area contributed by atoms with E-state index in [1.165, 1.54) is 12.1 Å². The van der Waals surface area contributed by atoms with Crippen LogP contribution >= 0.6 is 0 Å². The van der Waals surface area contributed by atoms with Gasteiger partial charge in [0.15, 0.2) is 0 Å². The van der Waals surface area contributed by atoms with E-state index in [9.17, 15) is 9.18 Å². The highest BCUT2D eigenvalue weighted by molar-refractivity contribution is 5.75. The number of carbonyl (C=O) groups is 1. The third-order valence-corrected chi connectivity index (χ3v) is 3.85. The largest absolute Gasteiger partial charge is 0.490 e. The highest BCUT2D eigenvalue weighted by Gasteiger charge is 2.41. The number of carbonyl (C=O) groups excluding carboxylic acids is 1. The predicted octanol–water partition coefficient (Wildman–Crippen LogP) is 2.36. The lowest BCUT2D eigenvalue weighted by molar-refractivity contribution is -0.112. The van der Waals surface area contributed by atoms with Crippen molar-refractivity contribution in [2.24, 2.45) is 0 Å². The fraction of sp³-hybridized carbons (Fsp3) is 0.533. The molecule has 2 atom stereocenters. The van der Waals surface area contributed by atoms with Crippen LogP contribution in [0.2, 0.25) is 0 Å². The van der Waals surface area contributed by atoms with Gasteiger partial charge in [0.05, 0.1) is 18.8 Å². The summed E-state index contributed by atoms with van der Waals surface area (Å²) in [5.41, 5.74) is 0.0370. The van der Waals surface area contributed by atoms with Gasteiger partial charge in [-0.1, -0.05) is 0 Å². The van der Waals surface area contributed by atoms with Crippen LogP contribution in [-0.4, -0.2) is 37.8 Å². The Hall–Kier alpha value is -1.46. The minimum Gasteiger partial charge on any atom is -0.490 e. The average molecular weight is 280 g/mol. The molecule has 0 aromatic heterocycles. The first-order valence-corrected chi connectivity index (χ1v) is 6.83. The van der Waals surface area contributed by atoms with E-state index >= 15 is 0 Å². The lowest BCUT2D eigenvalue weighted by Gasteiger charge is -2.37. The van der Waals surface area contributed by atoms with E-state index in [-0.39, 0.29) is 17.3 Å². The highest BCUT2D eigenvalue weighted by atomic mass is 19.1. The molecule has 108 valence electrons. The molecule has 0 aliphatic carbocycles. The van der Waals surface area contributed by atoms with Crippen LogP contribution in [0.25, 0.3) is 0 Å². The van der Waals surface area contributed by atoms with Gasteiger partial charge < -0.3 is 14.2 Å². The Kier molecular flexibility index (Phi) is 3.72. The lowest BCUT2D eigenvalue weighted by atomic mass is 9.91. The van der Waals surface area contributed by atoms with Crippen molar-refractivity contribution in [3.63, 3.8) is 0 Å². The molecule has 1 aromatic carbocycles. The van der Waals surface area contributed by atoms with Crippen molar-refractivity contribution >= 4 is 6.29 Å². The van der Waals surface area contributed by atoms with Crippen LogP contribution < -0.4 is 4.74 Å². The zero-order valence-corrected chi connectivity index (χ0v) is 11.1. The molecular formula is C15H17FO4. The van der Waals surface area contributed by atoms with E-state index in [4.69, 9.17) is 14.2 Å². The van der Waals surface area contributed by atoms with E-state index < -0.39 is 5.82 Å². The molecule has 0 radical (unpaired) electrons. The molecule has 2 aliphatic heterocycles. The number of rotatable bonds is 3. The van der Waals surface area contributed by atoms with E-state index in [1.807, 2.05) is 0 Å². The smallest absolute Gasteiger partial charge is 0.150 e. The van der Waals surface area contributed by atoms with Gasteiger partial charge in [-0.2, -0.15) is 0 Å². The normalized spacial score (nSPS) is 29.6. The molecule has 2 saturated heterocycles. The summed E-state index contributed by atoms with van der Waals surface area (Å²) in [6.07, 6.45) is 2.95. The molecule has 1 aromatic rings. The molecule has 3 rings (SSSR count). The van der Waals surface area contributed by atoms with Crippen molar-refractivity contribution in [2.75, 3.05) is 19.8 Å². The summed E-state index contributed by atoms with van der Waals surface area (Å²) < 4.78 is 30.4. The minimum atomic E-state index is -0.462. The Balaban J connectivity index is 1.71. The van der Waals surface area contributed by atoms with Crippen molar-refractivity contribution in [3.8, 4) is 5.75 Å². The van der Waals surface area contributed by atoms with E-state index in [2.05, 4.69) is 0 Å². The van der Waals surface area contributed by atoms with Gasteiger partial charge >= 0.3 is 0 Å². The third-order valence-electron chi connectivity index (χ3n) is 3.85. The average Bonchev–Trinajstić information content (AvgIpc) is 2.86. The molecule has 2 fully saturated rings. The summed E-state index contributed by atoms with van der Waals surface area (Å²) in [5.74, 6) is -0.0661. The summed E-state index contributed by atoms with van der Waals surface area (Å²) in [6.45, 7) is 1.92. The Morgan fingerprint density at radius 3 is 3.00 bits per heavy atom. The standard InChI is InChI=1S/C15H17FO4/c16-12-5-11(9-17)6-14(7-12)20-13-1-3-19-15(8-13)2-4-18-10-15/h5-7,9,13H,1-4,8,10H2. The minimum absolute atomic E-state index is 0.0354. The third kappa shape index (κ3) is 2.83. The number of ether oxygens (including phenoxy) is 3. The highest BCUT2D eigenvalue weighted by Crippen LogP contribution is 2.34. The van der Waals surface area contributed by atoms with Crippen LogP contribution in [0.15, 0.2) is 18.2 Å². The van der Waals surface area contributed by atoms with Crippen LogP contribution in [0.5, 0.6) is 5.75 Å². The molecule has 4 nitrogen and oxygen atoms in total. The topological polar surface area (TPSA) is 44.8 Å². The second-order valence-electron chi connectivity index (χ2n) is 5.40. The maximum Gasteiger partial charge on any atom is 0.150 e. The summed E-state index contributed by atoms with van der Waals surface area (Å²) in [5, 5.41) is 0. The number of aldehydes is 1. The van der Waals surface area contributed by atoms with E-state index in [0.717, 1.165) is 19.3 Å². The lowest BCUT2D eigenvalue weighted by Crippen LogP contribution is -2.44. The van der Waals surface area contributed by atoms with Crippen molar-refractivity contribution in [2.45, 2.75) is 31.0 Å². The Bertz CT molecular complexity index is 497. The number of benzene rings is 1. The van der Waals surface area contributed by atoms with Crippen LogP contribution in [0.4, 0.5) is 4.39 Å². The predicted molar refractivity (Wildman–Crippen MR) is 69.6 cm³/mol. The zero-order chi connectivity index (χ0) is 14.0. The molecule has 0 N–H and O–H groups in total. The number of hydrogen-bond acceptors (Lipinski definition) is 4. The number of hydrogen-bond donors (Lipinski definition) is 0. The van der Waals surface area contributed by atoms with Gasteiger partial charge in [0.1, 0.15) is 24.0 Å². The van der Waals surface area contributed by atoms with E-state index in [1.54, 1.807) is 6.07 Å².